The quantitative estimate of drug-likeness (QED) is 0.482. The lowest BCUT2D eigenvalue weighted by atomic mass is 10.3. The zero-order valence-corrected chi connectivity index (χ0v) is 9.31. The second kappa shape index (κ2) is 5.45. The standard InChI is InChI=1S/C9H10N2O4S/c1-2-7(9(12)13)16-8-4-3-6(5-10-8)11(14)15/h3-5,7H,2H2,1H3,(H,12,13). The highest BCUT2D eigenvalue weighted by Crippen LogP contribution is 2.24. The number of carbonyl (C=O) groups is 1. The number of nitro groups is 1. The van der Waals surface area contributed by atoms with E-state index in [0.717, 1.165) is 18.0 Å². The van der Waals surface area contributed by atoms with E-state index >= 15 is 0 Å². The van der Waals surface area contributed by atoms with Crippen LogP contribution in [-0.2, 0) is 4.79 Å². The van der Waals surface area contributed by atoms with Crippen molar-refractivity contribution in [1.29, 1.82) is 0 Å². The van der Waals surface area contributed by atoms with Crippen molar-refractivity contribution >= 4 is 23.4 Å². The van der Waals surface area contributed by atoms with E-state index in [4.69, 9.17) is 5.11 Å². The van der Waals surface area contributed by atoms with Crippen molar-refractivity contribution < 1.29 is 14.8 Å². The molecule has 0 aliphatic carbocycles. The predicted molar refractivity (Wildman–Crippen MR) is 58.5 cm³/mol. The molecule has 16 heavy (non-hydrogen) atoms. The number of carboxylic acid groups (broad SMARTS) is 1. The van der Waals surface area contributed by atoms with Crippen molar-refractivity contribution in [2.75, 3.05) is 0 Å². The molecule has 0 fully saturated rings. The van der Waals surface area contributed by atoms with Gasteiger partial charge in [-0.15, -0.1) is 0 Å². The third-order valence-electron chi connectivity index (χ3n) is 1.84. The Bertz CT molecular complexity index is 393. The van der Waals surface area contributed by atoms with Gasteiger partial charge in [0.15, 0.2) is 0 Å². The Kier molecular flexibility index (Phi) is 4.24. The van der Waals surface area contributed by atoms with Crippen LogP contribution < -0.4 is 0 Å². The summed E-state index contributed by atoms with van der Waals surface area (Å²) in [5.41, 5.74) is -0.104. The molecule has 1 aromatic heterocycles. The van der Waals surface area contributed by atoms with Gasteiger partial charge < -0.3 is 5.11 Å². The van der Waals surface area contributed by atoms with Gasteiger partial charge in [-0.3, -0.25) is 14.9 Å². The van der Waals surface area contributed by atoms with Crippen LogP contribution in [0.4, 0.5) is 5.69 Å². The average Bonchev–Trinajstić information content (AvgIpc) is 2.26. The molecule has 0 aliphatic heterocycles. The molecule has 7 heteroatoms. The number of thioether (sulfide) groups is 1. The van der Waals surface area contributed by atoms with E-state index in [-0.39, 0.29) is 5.69 Å². The lowest BCUT2D eigenvalue weighted by Crippen LogP contribution is -2.14. The summed E-state index contributed by atoms with van der Waals surface area (Å²) in [6.07, 6.45) is 1.59. The normalized spacial score (nSPS) is 12.1. The Morgan fingerprint density at radius 2 is 2.38 bits per heavy atom. The maximum absolute atomic E-state index is 10.8. The molecular weight excluding hydrogens is 232 g/mol. The summed E-state index contributed by atoms with van der Waals surface area (Å²) in [5, 5.41) is 19.1. The number of hydrogen-bond donors (Lipinski definition) is 1. The summed E-state index contributed by atoms with van der Waals surface area (Å²) in [5.74, 6) is -0.910. The highest BCUT2D eigenvalue weighted by Gasteiger charge is 2.17. The van der Waals surface area contributed by atoms with Crippen LogP contribution in [-0.4, -0.2) is 26.2 Å². The number of aliphatic carboxylic acids is 1. The van der Waals surface area contributed by atoms with Crippen molar-refractivity contribution in [2.45, 2.75) is 23.6 Å². The Morgan fingerprint density at radius 3 is 2.75 bits per heavy atom. The van der Waals surface area contributed by atoms with E-state index in [2.05, 4.69) is 4.98 Å². The van der Waals surface area contributed by atoms with E-state index in [1.807, 2.05) is 0 Å². The first-order valence-electron chi connectivity index (χ1n) is 4.54. The van der Waals surface area contributed by atoms with E-state index < -0.39 is 16.1 Å². The molecule has 1 N–H and O–H groups in total. The smallest absolute Gasteiger partial charge is 0.317 e. The number of rotatable bonds is 5. The monoisotopic (exact) mass is 242 g/mol. The highest BCUT2D eigenvalue weighted by molar-refractivity contribution is 8.00. The molecule has 0 aromatic carbocycles. The number of aromatic nitrogens is 1. The molecule has 0 radical (unpaired) electrons. The molecule has 1 rings (SSSR count). The Hall–Kier alpha value is -1.63. The zero-order valence-electron chi connectivity index (χ0n) is 8.49. The van der Waals surface area contributed by atoms with Gasteiger partial charge in [-0.2, -0.15) is 0 Å². The first-order valence-corrected chi connectivity index (χ1v) is 5.42. The van der Waals surface area contributed by atoms with Gasteiger partial charge in [-0.25, -0.2) is 4.98 Å². The van der Waals surface area contributed by atoms with Crippen LogP contribution in [0.2, 0.25) is 0 Å². The summed E-state index contributed by atoms with van der Waals surface area (Å²) in [6, 6.07) is 2.76. The molecule has 1 atom stereocenters. The third kappa shape index (κ3) is 3.20. The maximum Gasteiger partial charge on any atom is 0.317 e. The van der Waals surface area contributed by atoms with Crippen molar-refractivity contribution in [1.82, 2.24) is 4.98 Å². The van der Waals surface area contributed by atoms with E-state index in [1.54, 1.807) is 6.92 Å². The molecule has 0 bridgehead atoms. The molecule has 0 aliphatic rings. The minimum absolute atomic E-state index is 0.104. The molecule has 0 saturated carbocycles. The molecule has 0 spiro atoms. The highest BCUT2D eigenvalue weighted by atomic mass is 32.2. The fourth-order valence-electron chi connectivity index (χ4n) is 1.00. The Labute approximate surface area is 95.8 Å². The van der Waals surface area contributed by atoms with Crippen molar-refractivity contribution in [3.8, 4) is 0 Å². The van der Waals surface area contributed by atoms with Gasteiger partial charge >= 0.3 is 5.97 Å². The topological polar surface area (TPSA) is 93.3 Å². The van der Waals surface area contributed by atoms with Gasteiger partial charge in [0.1, 0.15) is 11.4 Å². The largest absolute Gasteiger partial charge is 0.480 e. The van der Waals surface area contributed by atoms with Gasteiger partial charge in [0.25, 0.3) is 5.69 Å². The van der Waals surface area contributed by atoms with Crippen LogP contribution in [0.25, 0.3) is 0 Å². The minimum atomic E-state index is -0.910. The van der Waals surface area contributed by atoms with Gasteiger partial charge in [-0.1, -0.05) is 18.7 Å². The van der Waals surface area contributed by atoms with Crippen molar-refractivity contribution in [3.63, 3.8) is 0 Å². The van der Waals surface area contributed by atoms with Crippen molar-refractivity contribution in [2.24, 2.45) is 0 Å². The fraction of sp³-hybridized carbons (Fsp3) is 0.333. The molecule has 0 saturated heterocycles. The molecular formula is C9H10N2O4S. The van der Waals surface area contributed by atoms with Gasteiger partial charge in [0.2, 0.25) is 0 Å². The van der Waals surface area contributed by atoms with Crippen molar-refractivity contribution in [3.05, 3.63) is 28.4 Å². The number of nitrogens with zero attached hydrogens (tertiary/aromatic N) is 2. The Morgan fingerprint density at radius 1 is 1.69 bits per heavy atom. The molecule has 1 aromatic rings. The molecule has 1 heterocycles. The summed E-state index contributed by atoms with van der Waals surface area (Å²) >= 11 is 1.08. The fourth-order valence-corrected chi connectivity index (χ4v) is 1.82. The summed E-state index contributed by atoms with van der Waals surface area (Å²) in [6.45, 7) is 1.76. The second-order valence-corrected chi connectivity index (χ2v) is 4.19. The first-order chi connectivity index (χ1) is 7.54. The van der Waals surface area contributed by atoms with Crippen LogP contribution in [0.15, 0.2) is 23.4 Å². The lowest BCUT2D eigenvalue weighted by molar-refractivity contribution is -0.385. The van der Waals surface area contributed by atoms with Crippen LogP contribution >= 0.6 is 11.8 Å². The molecule has 1 unspecified atom stereocenters. The van der Waals surface area contributed by atoms with E-state index in [9.17, 15) is 14.9 Å². The van der Waals surface area contributed by atoms with Gasteiger partial charge in [-0.05, 0) is 12.5 Å². The zero-order chi connectivity index (χ0) is 12.1. The molecule has 6 nitrogen and oxygen atoms in total. The number of hydrogen-bond acceptors (Lipinski definition) is 5. The van der Waals surface area contributed by atoms with Crippen LogP contribution in [0.1, 0.15) is 13.3 Å². The van der Waals surface area contributed by atoms with Gasteiger partial charge in [0.05, 0.1) is 9.95 Å². The van der Waals surface area contributed by atoms with E-state index in [0.29, 0.717) is 11.4 Å². The van der Waals surface area contributed by atoms with Gasteiger partial charge in [0, 0.05) is 6.07 Å². The first kappa shape index (κ1) is 12.4. The maximum atomic E-state index is 10.8. The average molecular weight is 242 g/mol. The van der Waals surface area contributed by atoms with Crippen LogP contribution in [0.3, 0.4) is 0 Å². The SMILES string of the molecule is CCC(Sc1ccc([N+](=O)[O-])cn1)C(=O)O. The Balaban J connectivity index is 2.75. The predicted octanol–water partition coefficient (Wildman–Crippen LogP) is 1.95. The molecule has 0 amide bonds. The minimum Gasteiger partial charge on any atom is -0.480 e. The molecule has 86 valence electrons. The summed E-state index contributed by atoms with van der Waals surface area (Å²) in [7, 11) is 0. The van der Waals surface area contributed by atoms with E-state index in [1.165, 1.54) is 12.1 Å². The lowest BCUT2D eigenvalue weighted by Gasteiger charge is -2.07. The summed E-state index contributed by atoms with van der Waals surface area (Å²) < 4.78 is 0. The van der Waals surface area contributed by atoms with Crippen LogP contribution in [0.5, 0.6) is 0 Å². The number of carboxylic acids is 1. The number of pyridine rings is 1. The third-order valence-corrected chi connectivity index (χ3v) is 3.14. The summed E-state index contributed by atoms with van der Waals surface area (Å²) in [4.78, 5) is 24.4. The second-order valence-electron chi connectivity index (χ2n) is 2.96. The van der Waals surface area contributed by atoms with Crippen LogP contribution in [0, 0.1) is 10.1 Å².